The average molecular weight is 139 g/mol. The molecule has 0 atom stereocenters. The molecule has 1 saturated heterocycles. The summed E-state index contributed by atoms with van der Waals surface area (Å²) in [6.45, 7) is 2.09. The van der Waals surface area contributed by atoms with E-state index in [9.17, 15) is 4.79 Å². The van der Waals surface area contributed by atoms with Crippen LogP contribution >= 0.6 is 0 Å². The van der Waals surface area contributed by atoms with Gasteiger partial charge in [-0.15, -0.1) is 0 Å². The number of allylic oxidation sites excluding steroid dienone is 2. The van der Waals surface area contributed by atoms with Gasteiger partial charge in [-0.2, -0.15) is 0 Å². The zero-order valence-corrected chi connectivity index (χ0v) is 6.55. The molecule has 0 N–H and O–H groups in total. The van der Waals surface area contributed by atoms with Crippen LogP contribution in [0.2, 0.25) is 0 Å². The predicted molar refractivity (Wildman–Crippen MR) is 40.4 cm³/mol. The zero-order valence-electron chi connectivity index (χ0n) is 6.55. The van der Waals surface area contributed by atoms with E-state index in [1.165, 1.54) is 5.70 Å². The maximum absolute atomic E-state index is 10.9. The summed E-state index contributed by atoms with van der Waals surface area (Å²) in [5, 5.41) is 0. The van der Waals surface area contributed by atoms with Gasteiger partial charge in [0.05, 0.1) is 0 Å². The van der Waals surface area contributed by atoms with Crippen molar-refractivity contribution >= 4 is 5.91 Å². The summed E-state index contributed by atoms with van der Waals surface area (Å²) in [5.74, 6) is 0.250. The summed E-state index contributed by atoms with van der Waals surface area (Å²) in [7, 11) is 1.84. The van der Waals surface area contributed by atoms with Crippen molar-refractivity contribution in [2.45, 2.75) is 26.2 Å². The molecule has 1 fully saturated rings. The van der Waals surface area contributed by atoms with Crippen LogP contribution in [0.3, 0.4) is 0 Å². The normalized spacial score (nSPS) is 22.8. The number of carbonyl (C=O) groups is 1. The van der Waals surface area contributed by atoms with Gasteiger partial charge in [0.2, 0.25) is 5.91 Å². The molecule has 0 saturated carbocycles. The maximum Gasteiger partial charge on any atom is 0.226 e. The molecule has 2 nitrogen and oxygen atoms in total. The minimum atomic E-state index is 0.250. The second kappa shape index (κ2) is 2.86. The molecule has 0 radical (unpaired) electrons. The van der Waals surface area contributed by atoms with E-state index in [2.05, 4.69) is 13.0 Å². The molecule has 0 bridgehead atoms. The molecule has 1 heterocycles. The predicted octanol–water partition coefficient (Wildman–Crippen LogP) is 1.53. The van der Waals surface area contributed by atoms with E-state index in [1.54, 1.807) is 4.90 Å². The van der Waals surface area contributed by atoms with Crippen LogP contribution in [0.4, 0.5) is 0 Å². The van der Waals surface area contributed by atoms with Gasteiger partial charge in [-0.25, -0.2) is 0 Å². The Morgan fingerprint density at radius 2 is 2.30 bits per heavy atom. The first-order valence-corrected chi connectivity index (χ1v) is 3.71. The Balaban J connectivity index is 2.65. The van der Waals surface area contributed by atoms with Crippen molar-refractivity contribution in [3.8, 4) is 0 Å². The second-order valence-corrected chi connectivity index (χ2v) is 2.56. The molecular weight excluding hydrogens is 126 g/mol. The number of hydrogen-bond acceptors (Lipinski definition) is 1. The molecular formula is C8H13NO. The Labute approximate surface area is 61.5 Å². The Bertz CT molecular complexity index is 172. The lowest BCUT2D eigenvalue weighted by Crippen LogP contribution is -2.16. The largest absolute Gasteiger partial charge is 0.320 e. The van der Waals surface area contributed by atoms with Gasteiger partial charge < -0.3 is 4.90 Å². The first-order chi connectivity index (χ1) is 4.75. The van der Waals surface area contributed by atoms with Crippen molar-refractivity contribution in [2.24, 2.45) is 0 Å². The smallest absolute Gasteiger partial charge is 0.226 e. The first-order valence-electron chi connectivity index (χ1n) is 3.71. The van der Waals surface area contributed by atoms with Crippen molar-refractivity contribution in [2.75, 3.05) is 7.05 Å². The number of nitrogens with zero attached hydrogens (tertiary/aromatic N) is 1. The molecule has 56 valence electrons. The van der Waals surface area contributed by atoms with E-state index in [1.807, 2.05) is 7.05 Å². The van der Waals surface area contributed by atoms with Crippen molar-refractivity contribution < 1.29 is 4.79 Å². The molecule has 1 rings (SSSR count). The van der Waals surface area contributed by atoms with Crippen LogP contribution in [0.25, 0.3) is 0 Å². The molecule has 0 spiro atoms. The van der Waals surface area contributed by atoms with Gasteiger partial charge >= 0.3 is 0 Å². The summed E-state index contributed by atoms with van der Waals surface area (Å²) in [5.41, 5.74) is 1.19. The van der Waals surface area contributed by atoms with E-state index in [4.69, 9.17) is 0 Å². The van der Waals surface area contributed by atoms with Crippen LogP contribution in [0, 0.1) is 0 Å². The number of hydrogen-bond donors (Lipinski definition) is 0. The summed E-state index contributed by atoms with van der Waals surface area (Å²) in [6.07, 6.45) is 4.77. The van der Waals surface area contributed by atoms with Gasteiger partial charge in [-0.3, -0.25) is 4.79 Å². The number of amides is 1. The molecule has 1 aliphatic rings. The average Bonchev–Trinajstić information content (AvgIpc) is 2.20. The lowest BCUT2D eigenvalue weighted by Gasteiger charge is -2.09. The van der Waals surface area contributed by atoms with Gasteiger partial charge in [0.15, 0.2) is 0 Å². The number of rotatable bonds is 1. The molecule has 0 aromatic heterocycles. The van der Waals surface area contributed by atoms with Crippen molar-refractivity contribution in [1.29, 1.82) is 0 Å². The Morgan fingerprint density at radius 3 is 2.70 bits per heavy atom. The highest BCUT2D eigenvalue weighted by molar-refractivity contribution is 5.80. The highest BCUT2D eigenvalue weighted by atomic mass is 16.2. The third kappa shape index (κ3) is 1.20. The van der Waals surface area contributed by atoms with Crippen LogP contribution in [0.1, 0.15) is 26.2 Å². The summed E-state index contributed by atoms with van der Waals surface area (Å²) in [6, 6.07) is 0. The van der Waals surface area contributed by atoms with Crippen LogP contribution in [0.5, 0.6) is 0 Å². The Hall–Kier alpha value is -0.790. The fourth-order valence-electron chi connectivity index (χ4n) is 1.21. The summed E-state index contributed by atoms with van der Waals surface area (Å²) < 4.78 is 0. The van der Waals surface area contributed by atoms with E-state index >= 15 is 0 Å². The summed E-state index contributed by atoms with van der Waals surface area (Å²) in [4.78, 5) is 12.7. The third-order valence-corrected chi connectivity index (χ3v) is 1.84. The molecule has 1 amide bonds. The van der Waals surface area contributed by atoms with Crippen LogP contribution in [-0.4, -0.2) is 17.9 Å². The molecule has 0 aliphatic carbocycles. The van der Waals surface area contributed by atoms with Gasteiger partial charge in [-0.05, 0) is 12.8 Å². The van der Waals surface area contributed by atoms with Crippen LogP contribution < -0.4 is 0 Å². The van der Waals surface area contributed by atoms with Gasteiger partial charge in [0.25, 0.3) is 0 Å². The van der Waals surface area contributed by atoms with Crippen molar-refractivity contribution in [1.82, 2.24) is 4.90 Å². The van der Waals surface area contributed by atoms with Gasteiger partial charge in [-0.1, -0.05) is 13.0 Å². The minimum Gasteiger partial charge on any atom is -0.320 e. The lowest BCUT2D eigenvalue weighted by molar-refractivity contribution is -0.125. The first kappa shape index (κ1) is 7.32. The molecule has 0 aromatic carbocycles. The second-order valence-electron chi connectivity index (χ2n) is 2.56. The molecule has 10 heavy (non-hydrogen) atoms. The molecule has 0 unspecified atom stereocenters. The fraction of sp³-hybridized carbons (Fsp3) is 0.625. The van der Waals surface area contributed by atoms with E-state index in [0.29, 0.717) is 6.42 Å². The molecule has 1 aliphatic heterocycles. The zero-order chi connectivity index (χ0) is 7.56. The Morgan fingerprint density at radius 1 is 1.60 bits per heavy atom. The third-order valence-electron chi connectivity index (χ3n) is 1.84. The quantitative estimate of drug-likeness (QED) is 0.539. The van der Waals surface area contributed by atoms with Crippen LogP contribution in [-0.2, 0) is 4.79 Å². The summed E-state index contributed by atoms with van der Waals surface area (Å²) >= 11 is 0. The number of carbonyl (C=O) groups excluding carboxylic acids is 1. The van der Waals surface area contributed by atoms with E-state index < -0.39 is 0 Å². The fourth-order valence-corrected chi connectivity index (χ4v) is 1.21. The monoisotopic (exact) mass is 139 g/mol. The van der Waals surface area contributed by atoms with Crippen LogP contribution in [0.15, 0.2) is 11.8 Å². The van der Waals surface area contributed by atoms with Gasteiger partial charge in [0, 0.05) is 19.2 Å². The lowest BCUT2D eigenvalue weighted by atomic mass is 10.3. The maximum atomic E-state index is 10.9. The Kier molecular flexibility index (Phi) is 2.10. The number of likely N-dealkylation sites (tertiary alicyclic amines) is 1. The highest BCUT2D eigenvalue weighted by Crippen LogP contribution is 2.19. The SMILES string of the molecule is CCC=C1CCC(=O)N1C. The van der Waals surface area contributed by atoms with E-state index in [-0.39, 0.29) is 5.91 Å². The van der Waals surface area contributed by atoms with Crippen molar-refractivity contribution in [3.05, 3.63) is 11.8 Å². The van der Waals surface area contributed by atoms with Crippen molar-refractivity contribution in [3.63, 3.8) is 0 Å². The van der Waals surface area contributed by atoms with Gasteiger partial charge in [0.1, 0.15) is 0 Å². The molecule has 0 aromatic rings. The topological polar surface area (TPSA) is 20.3 Å². The molecule has 2 heteroatoms. The minimum absolute atomic E-state index is 0.250. The standard InChI is InChI=1S/C8H13NO/c1-3-4-7-5-6-8(10)9(7)2/h4H,3,5-6H2,1-2H3. The van der Waals surface area contributed by atoms with E-state index in [0.717, 1.165) is 12.8 Å². The highest BCUT2D eigenvalue weighted by Gasteiger charge is 2.20.